The van der Waals surface area contributed by atoms with Crippen LogP contribution in [0.15, 0.2) is 52.9 Å². The number of aromatic nitrogens is 1. The number of hydrazone groups is 1. The van der Waals surface area contributed by atoms with Crippen LogP contribution in [-0.2, 0) is 4.79 Å². The van der Waals surface area contributed by atoms with Gasteiger partial charge in [0, 0.05) is 5.38 Å². The molecule has 0 aliphatic carbocycles. The number of rotatable bonds is 8. The fourth-order valence-electron chi connectivity index (χ4n) is 2.34. The maximum atomic E-state index is 12.1. The molecule has 0 fully saturated rings. The number of hydrogen-bond acceptors (Lipinski definition) is 7. The summed E-state index contributed by atoms with van der Waals surface area (Å²) in [5, 5.41) is 9.98. The van der Waals surface area contributed by atoms with E-state index in [0.29, 0.717) is 22.2 Å². The van der Waals surface area contributed by atoms with E-state index >= 15 is 0 Å². The van der Waals surface area contributed by atoms with Crippen LogP contribution in [0.2, 0.25) is 5.02 Å². The first kappa shape index (κ1) is 20.6. The molecule has 1 amide bonds. The molecule has 2 N–H and O–H groups in total. The molecule has 3 aromatic rings. The van der Waals surface area contributed by atoms with Crippen LogP contribution in [0.25, 0.3) is 0 Å². The SMILES string of the molecule is COc1cc(C=NNc2nc(C)cs2)ccc1OCC(=O)Nc1ccccc1Cl. The van der Waals surface area contributed by atoms with E-state index in [2.05, 4.69) is 20.8 Å². The first-order valence-electron chi connectivity index (χ1n) is 8.61. The smallest absolute Gasteiger partial charge is 0.262 e. The minimum absolute atomic E-state index is 0.181. The largest absolute Gasteiger partial charge is 0.493 e. The molecule has 0 radical (unpaired) electrons. The van der Waals surface area contributed by atoms with E-state index in [9.17, 15) is 4.79 Å². The van der Waals surface area contributed by atoms with Crippen LogP contribution in [-0.4, -0.2) is 30.8 Å². The minimum atomic E-state index is -0.325. The highest BCUT2D eigenvalue weighted by Gasteiger charge is 2.10. The number of para-hydroxylation sites is 1. The van der Waals surface area contributed by atoms with Crippen molar-refractivity contribution in [3.05, 3.63) is 64.1 Å². The number of nitrogens with zero attached hydrogens (tertiary/aromatic N) is 2. The summed E-state index contributed by atoms with van der Waals surface area (Å²) in [7, 11) is 1.53. The van der Waals surface area contributed by atoms with Crippen LogP contribution in [0.4, 0.5) is 10.8 Å². The number of thiazole rings is 1. The van der Waals surface area contributed by atoms with Crippen molar-refractivity contribution in [3.8, 4) is 11.5 Å². The number of benzene rings is 2. The van der Waals surface area contributed by atoms with Crippen LogP contribution in [0, 0.1) is 6.92 Å². The predicted octanol–water partition coefficient (Wildman–Crippen LogP) is 4.58. The highest BCUT2D eigenvalue weighted by atomic mass is 35.5. The van der Waals surface area contributed by atoms with E-state index in [1.807, 2.05) is 18.4 Å². The zero-order valence-corrected chi connectivity index (χ0v) is 17.4. The molecule has 0 saturated heterocycles. The fourth-order valence-corrected chi connectivity index (χ4v) is 3.16. The number of carbonyl (C=O) groups is 1. The lowest BCUT2D eigenvalue weighted by molar-refractivity contribution is -0.118. The van der Waals surface area contributed by atoms with Crippen molar-refractivity contribution in [3.63, 3.8) is 0 Å². The van der Waals surface area contributed by atoms with Gasteiger partial charge in [-0.3, -0.25) is 10.2 Å². The molecule has 0 bridgehead atoms. The Labute approximate surface area is 177 Å². The molecule has 29 heavy (non-hydrogen) atoms. The molecule has 0 unspecified atom stereocenters. The number of carbonyl (C=O) groups excluding carboxylic acids is 1. The van der Waals surface area contributed by atoms with Gasteiger partial charge in [0.05, 0.1) is 29.7 Å². The third-order valence-electron chi connectivity index (χ3n) is 3.69. The second-order valence-electron chi connectivity index (χ2n) is 5.89. The maximum absolute atomic E-state index is 12.1. The second-order valence-corrected chi connectivity index (χ2v) is 7.16. The number of halogens is 1. The standard InChI is InChI=1S/C20H19ClN4O3S/c1-13-12-29-20(23-13)25-22-10-14-7-8-17(18(9-14)27-2)28-11-19(26)24-16-6-4-3-5-15(16)21/h3-10,12H,11H2,1-2H3,(H,23,25)(H,24,26). The molecule has 0 atom stereocenters. The molecule has 1 aromatic heterocycles. The highest BCUT2D eigenvalue weighted by Crippen LogP contribution is 2.28. The summed E-state index contributed by atoms with van der Waals surface area (Å²) >= 11 is 7.51. The van der Waals surface area contributed by atoms with Crippen LogP contribution in [0.1, 0.15) is 11.3 Å². The Bertz CT molecular complexity index is 1020. The number of nitrogens with one attached hydrogen (secondary N) is 2. The molecule has 9 heteroatoms. The van der Waals surface area contributed by atoms with E-state index in [0.717, 1.165) is 16.4 Å². The van der Waals surface area contributed by atoms with Gasteiger partial charge in [-0.1, -0.05) is 23.7 Å². The van der Waals surface area contributed by atoms with E-state index in [1.54, 1.807) is 42.6 Å². The van der Waals surface area contributed by atoms with Crippen molar-refractivity contribution in [1.82, 2.24) is 4.98 Å². The molecular formula is C20H19ClN4O3S. The van der Waals surface area contributed by atoms with Crippen molar-refractivity contribution in [2.24, 2.45) is 5.10 Å². The monoisotopic (exact) mass is 430 g/mol. The normalized spacial score (nSPS) is 10.7. The van der Waals surface area contributed by atoms with E-state index in [1.165, 1.54) is 18.4 Å². The molecule has 2 aromatic carbocycles. The summed E-state index contributed by atoms with van der Waals surface area (Å²) in [5.74, 6) is 0.612. The molecule has 0 aliphatic rings. The first-order valence-corrected chi connectivity index (χ1v) is 9.87. The van der Waals surface area contributed by atoms with Gasteiger partial charge in [-0.15, -0.1) is 11.3 Å². The summed E-state index contributed by atoms with van der Waals surface area (Å²) in [5.41, 5.74) is 5.15. The van der Waals surface area contributed by atoms with Crippen molar-refractivity contribution < 1.29 is 14.3 Å². The van der Waals surface area contributed by atoms with Gasteiger partial charge in [-0.2, -0.15) is 5.10 Å². The number of aryl methyl sites for hydroxylation is 1. The summed E-state index contributed by atoms with van der Waals surface area (Å²) < 4.78 is 10.9. The van der Waals surface area contributed by atoms with Crippen molar-refractivity contribution in [2.45, 2.75) is 6.92 Å². The van der Waals surface area contributed by atoms with Gasteiger partial charge in [0.25, 0.3) is 5.91 Å². The molecule has 150 valence electrons. The third kappa shape index (κ3) is 5.94. The van der Waals surface area contributed by atoms with Crippen molar-refractivity contribution >= 4 is 45.9 Å². The summed E-state index contributed by atoms with van der Waals surface area (Å²) in [6.45, 7) is 1.74. The Morgan fingerprint density at radius 3 is 2.83 bits per heavy atom. The summed E-state index contributed by atoms with van der Waals surface area (Å²) in [6.07, 6.45) is 1.65. The first-order chi connectivity index (χ1) is 14.0. The van der Waals surface area contributed by atoms with Gasteiger partial charge < -0.3 is 14.8 Å². The Hall–Kier alpha value is -3.10. The molecule has 1 heterocycles. The quantitative estimate of drug-likeness (QED) is 0.403. The molecular weight excluding hydrogens is 412 g/mol. The maximum Gasteiger partial charge on any atom is 0.262 e. The van der Waals surface area contributed by atoms with Crippen LogP contribution >= 0.6 is 22.9 Å². The molecule has 0 saturated carbocycles. The van der Waals surface area contributed by atoms with Crippen molar-refractivity contribution in [2.75, 3.05) is 24.5 Å². The Morgan fingerprint density at radius 2 is 2.10 bits per heavy atom. The van der Waals surface area contributed by atoms with Crippen molar-refractivity contribution in [1.29, 1.82) is 0 Å². The number of amides is 1. The topological polar surface area (TPSA) is 84.8 Å². The Morgan fingerprint density at radius 1 is 1.28 bits per heavy atom. The third-order valence-corrected chi connectivity index (χ3v) is 4.88. The number of methoxy groups -OCH3 is 1. The lowest BCUT2D eigenvalue weighted by atomic mass is 10.2. The van der Waals surface area contributed by atoms with Gasteiger partial charge in [0.1, 0.15) is 0 Å². The number of anilines is 2. The molecule has 3 rings (SSSR count). The second kappa shape index (κ2) is 9.90. The lowest BCUT2D eigenvalue weighted by Gasteiger charge is -2.12. The molecule has 0 spiro atoms. The predicted molar refractivity (Wildman–Crippen MR) is 117 cm³/mol. The van der Waals surface area contributed by atoms with Crippen LogP contribution in [0.5, 0.6) is 11.5 Å². The fraction of sp³-hybridized carbons (Fsp3) is 0.150. The van der Waals surface area contributed by atoms with Gasteiger partial charge in [0.2, 0.25) is 5.13 Å². The average molecular weight is 431 g/mol. The van der Waals surface area contributed by atoms with Gasteiger partial charge in [-0.25, -0.2) is 4.98 Å². The lowest BCUT2D eigenvalue weighted by Crippen LogP contribution is -2.20. The molecule has 7 nitrogen and oxygen atoms in total. The van der Waals surface area contributed by atoms with E-state index in [4.69, 9.17) is 21.1 Å². The number of hydrogen-bond donors (Lipinski definition) is 2. The van der Waals surface area contributed by atoms with E-state index in [-0.39, 0.29) is 12.5 Å². The molecule has 0 aliphatic heterocycles. The Kier molecular flexibility index (Phi) is 7.04. The van der Waals surface area contributed by atoms with Crippen LogP contribution in [0.3, 0.4) is 0 Å². The Balaban J connectivity index is 1.58. The van der Waals surface area contributed by atoms with Gasteiger partial charge in [-0.05, 0) is 42.8 Å². The average Bonchev–Trinajstić information content (AvgIpc) is 3.13. The zero-order chi connectivity index (χ0) is 20.6. The van der Waals surface area contributed by atoms with Crippen LogP contribution < -0.4 is 20.2 Å². The van der Waals surface area contributed by atoms with Gasteiger partial charge >= 0.3 is 0 Å². The summed E-state index contributed by atoms with van der Waals surface area (Å²) in [4.78, 5) is 16.4. The number of ether oxygens (including phenoxy) is 2. The highest BCUT2D eigenvalue weighted by molar-refractivity contribution is 7.13. The zero-order valence-electron chi connectivity index (χ0n) is 15.8. The summed E-state index contributed by atoms with van der Waals surface area (Å²) in [6, 6.07) is 12.3. The minimum Gasteiger partial charge on any atom is -0.493 e. The van der Waals surface area contributed by atoms with E-state index < -0.39 is 0 Å². The van der Waals surface area contributed by atoms with Gasteiger partial charge in [0.15, 0.2) is 18.1 Å².